The van der Waals surface area contributed by atoms with Crippen LogP contribution in [0.4, 0.5) is 5.69 Å². The van der Waals surface area contributed by atoms with E-state index in [2.05, 4.69) is 33.4 Å². The molecule has 0 radical (unpaired) electrons. The van der Waals surface area contributed by atoms with Gasteiger partial charge in [-0.15, -0.1) is 0 Å². The molecule has 2 saturated carbocycles. The topological polar surface area (TPSA) is 66.5 Å². The fourth-order valence-electron chi connectivity index (χ4n) is 5.05. The van der Waals surface area contributed by atoms with Gasteiger partial charge in [0.25, 0.3) is 0 Å². The first-order valence-electron chi connectivity index (χ1n) is 8.63. The number of rotatable bonds is 3. The number of carbonyl (C=O) groups is 3. The van der Waals surface area contributed by atoms with Crippen molar-refractivity contribution in [2.24, 2.45) is 35.5 Å². The molecule has 1 N–H and O–H groups in total. The maximum atomic E-state index is 12.8. The van der Waals surface area contributed by atoms with Crippen LogP contribution in [-0.2, 0) is 14.4 Å². The van der Waals surface area contributed by atoms with Crippen LogP contribution in [0.15, 0.2) is 40.9 Å². The monoisotopic (exact) mass is 400 g/mol. The van der Waals surface area contributed by atoms with E-state index in [0.717, 1.165) is 10.9 Å². The van der Waals surface area contributed by atoms with Crippen molar-refractivity contribution in [2.75, 3.05) is 11.9 Å². The van der Waals surface area contributed by atoms with Gasteiger partial charge in [-0.3, -0.25) is 19.3 Å². The average molecular weight is 401 g/mol. The molecular weight excluding hydrogens is 384 g/mol. The number of halogens is 1. The molecule has 6 rings (SSSR count). The van der Waals surface area contributed by atoms with Crippen LogP contribution in [0.5, 0.6) is 0 Å². The van der Waals surface area contributed by atoms with E-state index in [-0.39, 0.29) is 47.9 Å². The molecule has 1 saturated heterocycles. The lowest BCUT2D eigenvalue weighted by atomic mass is 9.63. The maximum absolute atomic E-state index is 12.8. The zero-order valence-electron chi connectivity index (χ0n) is 13.4. The minimum absolute atomic E-state index is 0.161. The highest BCUT2D eigenvalue weighted by Crippen LogP contribution is 2.65. The zero-order chi connectivity index (χ0) is 17.3. The summed E-state index contributed by atoms with van der Waals surface area (Å²) in [6.45, 7) is -0.199. The van der Waals surface area contributed by atoms with Gasteiger partial charge in [0.1, 0.15) is 6.54 Å². The Kier molecular flexibility index (Phi) is 3.23. The summed E-state index contributed by atoms with van der Waals surface area (Å²) in [5, 5.41) is 2.75. The Balaban J connectivity index is 1.32. The summed E-state index contributed by atoms with van der Waals surface area (Å²) >= 11 is 3.34. The second-order valence-electron chi connectivity index (χ2n) is 7.47. The van der Waals surface area contributed by atoms with Crippen LogP contribution in [-0.4, -0.2) is 29.2 Å². The molecule has 25 heavy (non-hydrogen) atoms. The maximum Gasteiger partial charge on any atom is 0.244 e. The minimum Gasteiger partial charge on any atom is -0.325 e. The smallest absolute Gasteiger partial charge is 0.244 e. The lowest BCUT2D eigenvalue weighted by molar-refractivity contribution is -0.142. The van der Waals surface area contributed by atoms with Gasteiger partial charge in [0.2, 0.25) is 17.7 Å². The van der Waals surface area contributed by atoms with Gasteiger partial charge in [0, 0.05) is 10.2 Å². The van der Waals surface area contributed by atoms with Crippen LogP contribution in [0.25, 0.3) is 0 Å². The zero-order valence-corrected chi connectivity index (χ0v) is 15.0. The minimum atomic E-state index is -0.340. The second-order valence-corrected chi connectivity index (χ2v) is 8.39. The number of carbonyl (C=O) groups excluding carboxylic acids is 3. The normalized spacial score (nSPS) is 37.1. The molecule has 5 nitrogen and oxygen atoms in total. The summed E-state index contributed by atoms with van der Waals surface area (Å²) in [6.07, 6.45) is 5.41. The molecule has 6 heteroatoms. The SMILES string of the molecule is O=C(CN1C(=O)C2C3C=CC(C4CC34)C2C1=O)Nc1ccc(Br)cc1. The number of allylic oxidation sites excluding steroid dienone is 2. The Morgan fingerprint density at radius 1 is 1.04 bits per heavy atom. The van der Waals surface area contributed by atoms with Crippen molar-refractivity contribution in [3.8, 4) is 0 Å². The van der Waals surface area contributed by atoms with E-state index in [0.29, 0.717) is 17.5 Å². The van der Waals surface area contributed by atoms with Crippen LogP contribution < -0.4 is 5.32 Å². The van der Waals surface area contributed by atoms with Gasteiger partial charge in [-0.05, 0) is 54.4 Å². The number of nitrogens with zero attached hydrogens (tertiary/aromatic N) is 1. The van der Waals surface area contributed by atoms with E-state index in [9.17, 15) is 14.4 Å². The molecule has 1 aliphatic heterocycles. The predicted octanol–water partition coefficient (Wildman–Crippen LogP) is 2.44. The highest BCUT2D eigenvalue weighted by molar-refractivity contribution is 9.10. The molecule has 5 aliphatic rings. The van der Waals surface area contributed by atoms with Crippen LogP contribution >= 0.6 is 15.9 Å². The highest BCUT2D eigenvalue weighted by atomic mass is 79.9. The Morgan fingerprint density at radius 3 is 2.16 bits per heavy atom. The van der Waals surface area contributed by atoms with E-state index in [1.165, 1.54) is 4.90 Å². The fourth-order valence-corrected chi connectivity index (χ4v) is 5.32. The Bertz CT molecular complexity index is 782. The summed E-state index contributed by atoms with van der Waals surface area (Å²) < 4.78 is 0.918. The summed E-state index contributed by atoms with van der Waals surface area (Å²) in [6, 6.07) is 7.19. The Labute approximate surface area is 153 Å². The number of hydrogen-bond donors (Lipinski definition) is 1. The van der Waals surface area contributed by atoms with Gasteiger partial charge in [-0.1, -0.05) is 28.1 Å². The number of amides is 3. The summed E-state index contributed by atoms with van der Waals surface area (Å²) in [5.74, 6) is 0.379. The summed E-state index contributed by atoms with van der Waals surface area (Å²) in [7, 11) is 0. The van der Waals surface area contributed by atoms with Crippen molar-refractivity contribution in [1.82, 2.24) is 4.90 Å². The van der Waals surface area contributed by atoms with Crippen molar-refractivity contribution in [1.29, 1.82) is 0 Å². The molecule has 128 valence electrons. The molecule has 0 aromatic heterocycles. The first-order chi connectivity index (χ1) is 12.0. The molecule has 1 heterocycles. The number of anilines is 1. The number of nitrogens with one attached hydrogen (secondary N) is 1. The molecule has 1 aromatic carbocycles. The van der Waals surface area contributed by atoms with Crippen LogP contribution in [0.3, 0.4) is 0 Å². The van der Waals surface area contributed by atoms with Crippen molar-refractivity contribution in [3.05, 3.63) is 40.9 Å². The number of benzene rings is 1. The van der Waals surface area contributed by atoms with Gasteiger partial charge >= 0.3 is 0 Å². The Morgan fingerprint density at radius 2 is 1.60 bits per heavy atom. The molecular formula is C19H17BrN2O3. The van der Waals surface area contributed by atoms with E-state index in [1.807, 2.05) is 12.1 Å². The average Bonchev–Trinajstić information content (AvgIpc) is 3.38. The van der Waals surface area contributed by atoms with Gasteiger partial charge in [0.05, 0.1) is 11.8 Å². The molecule has 4 aliphatic carbocycles. The molecule has 6 atom stereocenters. The quantitative estimate of drug-likeness (QED) is 0.625. The second kappa shape index (κ2) is 5.27. The van der Waals surface area contributed by atoms with Crippen LogP contribution in [0, 0.1) is 35.5 Å². The third-order valence-electron chi connectivity index (χ3n) is 6.18. The van der Waals surface area contributed by atoms with Crippen molar-refractivity contribution < 1.29 is 14.4 Å². The number of imide groups is 1. The molecule has 3 amide bonds. The lowest BCUT2D eigenvalue weighted by Gasteiger charge is -2.37. The highest BCUT2D eigenvalue weighted by Gasteiger charge is 2.67. The van der Waals surface area contributed by atoms with Crippen molar-refractivity contribution in [3.63, 3.8) is 0 Å². The standard InChI is InChI=1S/C19H17BrN2O3/c20-9-1-3-10(4-2-9)21-15(23)8-22-18(24)16-11-5-6-12(14-7-13(11)14)17(16)19(22)25/h1-6,11-14,16-17H,7-8H2,(H,21,23). The van der Waals surface area contributed by atoms with Crippen LogP contribution in [0.1, 0.15) is 6.42 Å². The molecule has 0 spiro atoms. The van der Waals surface area contributed by atoms with E-state index < -0.39 is 0 Å². The third kappa shape index (κ3) is 2.23. The number of likely N-dealkylation sites (tertiary alicyclic amines) is 1. The Hall–Kier alpha value is -1.95. The molecule has 1 aromatic rings. The lowest BCUT2D eigenvalue weighted by Crippen LogP contribution is -2.40. The summed E-state index contributed by atoms with van der Waals surface area (Å²) in [4.78, 5) is 39.1. The van der Waals surface area contributed by atoms with E-state index >= 15 is 0 Å². The van der Waals surface area contributed by atoms with Gasteiger partial charge in [-0.2, -0.15) is 0 Å². The number of hydrogen-bond acceptors (Lipinski definition) is 3. The van der Waals surface area contributed by atoms with Gasteiger partial charge < -0.3 is 5.32 Å². The largest absolute Gasteiger partial charge is 0.325 e. The molecule has 6 unspecified atom stereocenters. The predicted molar refractivity (Wildman–Crippen MR) is 94.2 cm³/mol. The fraction of sp³-hybridized carbons (Fsp3) is 0.421. The molecule has 2 bridgehead atoms. The van der Waals surface area contributed by atoms with Gasteiger partial charge in [-0.25, -0.2) is 0 Å². The van der Waals surface area contributed by atoms with Gasteiger partial charge in [0.15, 0.2) is 0 Å². The van der Waals surface area contributed by atoms with Crippen molar-refractivity contribution >= 4 is 39.3 Å². The third-order valence-corrected chi connectivity index (χ3v) is 6.71. The molecule has 3 fully saturated rings. The van der Waals surface area contributed by atoms with Crippen LogP contribution in [0.2, 0.25) is 0 Å². The first-order valence-corrected chi connectivity index (χ1v) is 9.43. The van der Waals surface area contributed by atoms with E-state index in [1.54, 1.807) is 12.1 Å². The first kappa shape index (κ1) is 15.3. The summed E-state index contributed by atoms with van der Waals surface area (Å²) in [5.41, 5.74) is 0.646. The van der Waals surface area contributed by atoms with E-state index in [4.69, 9.17) is 0 Å². The van der Waals surface area contributed by atoms with Crippen molar-refractivity contribution in [2.45, 2.75) is 6.42 Å².